The summed E-state index contributed by atoms with van der Waals surface area (Å²) in [5.41, 5.74) is 4.99. The lowest BCUT2D eigenvalue weighted by Gasteiger charge is -2.26. The third-order valence-corrected chi connectivity index (χ3v) is 5.69. The number of phenolic OH excluding ortho intramolecular Hbond substituents is 1. The largest absolute Gasteiger partial charge is 0.507 e. The van der Waals surface area contributed by atoms with Gasteiger partial charge in [-0.3, -0.25) is 9.89 Å². The molecule has 3 aromatic rings. The van der Waals surface area contributed by atoms with Crippen LogP contribution in [0, 0.1) is 0 Å². The lowest BCUT2D eigenvalue weighted by molar-refractivity contribution is 0.0741. The number of nitrogens with zero attached hydrogens (tertiary/aromatic N) is 2. The van der Waals surface area contributed by atoms with E-state index >= 15 is 0 Å². The predicted molar refractivity (Wildman–Crippen MR) is 114 cm³/mol. The molecule has 0 saturated heterocycles. The number of hydrogen-bond donors (Lipinski definition) is 2. The molecule has 0 saturated carbocycles. The van der Waals surface area contributed by atoms with Gasteiger partial charge < -0.3 is 10.0 Å². The fraction of sp³-hybridized carbons (Fsp3) is 0.333. The molecule has 2 heterocycles. The maximum absolute atomic E-state index is 13.2. The topological polar surface area (TPSA) is 69.2 Å². The van der Waals surface area contributed by atoms with E-state index in [-0.39, 0.29) is 17.7 Å². The van der Waals surface area contributed by atoms with Gasteiger partial charge in [0.05, 0.1) is 6.04 Å². The second-order valence-corrected chi connectivity index (χ2v) is 7.95. The molecule has 2 aromatic carbocycles. The molecule has 1 aromatic heterocycles. The number of rotatable bonds is 6. The van der Waals surface area contributed by atoms with Crippen molar-refractivity contribution < 1.29 is 9.90 Å². The molecule has 0 fully saturated rings. The zero-order valence-corrected chi connectivity index (χ0v) is 17.1. The Balaban J connectivity index is 1.85. The Morgan fingerprint density at radius 2 is 1.86 bits per heavy atom. The van der Waals surface area contributed by atoms with Crippen molar-refractivity contribution in [3.63, 3.8) is 0 Å². The molecular weight excluding hydrogens is 362 g/mol. The molecule has 2 N–H and O–H groups in total. The Hall–Kier alpha value is -3.08. The summed E-state index contributed by atoms with van der Waals surface area (Å²) < 4.78 is 0. The van der Waals surface area contributed by atoms with Gasteiger partial charge in [0.2, 0.25) is 0 Å². The predicted octanol–water partition coefficient (Wildman–Crippen LogP) is 5.25. The van der Waals surface area contributed by atoms with Gasteiger partial charge >= 0.3 is 0 Å². The minimum absolute atomic E-state index is 0.0273. The number of aromatic hydroxyl groups is 1. The fourth-order valence-electron chi connectivity index (χ4n) is 4.04. The minimum Gasteiger partial charge on any atom is -0.507 e. The number of fused-ring (bicyclic) bond motifs is 1. The van der Waals surface area contributed by atoms with Crippen molar-refractivity contribution in [3.05, 3.63) is 70.9 Å². The molecule has 0 spiro atoms. The number of para-hydroxylation sites is 1. The SMILES string of the molecule is CCCCN1C(=O)c2[nH]nc(-c3ccccc3O)c2[C@H]1c1ccc(C(C)C)cc1. The zero-order valence-electron chi connectivity index (χ0n) is 17.1. The van der Waals surface area contributed by atoms with Crippen LogP contribution in [0.3, 0.4) is 0 Å². The van der Waals surface area contributed by atoms with Crippen molar-refractivity contribution in [2.24, 2.45) is 0 Å². The van der Waals surface area contributed by atoms with Crippen molar-refractivity contribution in [3.8, 4) is 17.0 Å². The highest BCUT2D eigenvalue weighted by atomic mass is 16.3. The summed E-state index contributed by atoms with van der Waals surface area (Å²) in [6, 6.07) is 15.4. The summed E-state index contributed by atoms with van der Waals surface area (Å²) in [4.78, 5) is 15.1. The minimum atomic E-state index is -0.210. The first-order valence-corrected chi connectivity index (χ1v) is 10.3. The molecule has 0 radical (unpaired) electrons. The summed E-state index contributed by atoms with van der Waals surface area (Å²) in [5.74, 6) is 0.586. The molecule has 1 aliphatic rings. The Labute approximate surface area is 171 Å². The fourth-order valence-corrected chi connectivity index (χ4v) is 4.04. The normalized spacial score (nSPS) is 15.9. The Morgan fingerprint density at radius 3 is 2.52 bits per heavy atom. The van der Waals surface area contributed by atoms with Gasteiger partial charge in [-0.15, -0.1) is 0 Å². The van der Waals surface area contributed by atoms with Gasteiger partial charge in [-0.05, 0) is 35.6 Å². The van der Waals surface area contributed by atoms with E-state index in [9.17, 15) is 9.90 Å². The van der Waals surface area contributed by atoms with Crippen LogP contribution in [0.5, 0.6) is 5.75 Å². The van der Waals surface area contributed by atoms with Crippen molar-refractivity contribution in [1.82, 2.24) is 15.1 Å². The highest BCUT2D eigenvalue weighted by Crippen LogP contribution is 2.44. The van der Waals surface area contributed by atoms with E-state index in [4.69, 9.17) is 0 Å². The molecule has 1 amide bonds. The number of amides is 1. The summed E-state index contributed by atoms with van der Waals surface area (Å²) in [6.45, 7) is 7.16. The van der Waals surface area contributed by atoms with Gasteiger partial charge in [0.15, 0.2) is 0 Å². The zero-order chi connectivity index (χ0) is 20.5. The first-order valence-electron chi connectivity index (χ1n) is 10.3. The van der Waals surface area contributed by atoms with Crippen molar-refractivity contribution in [1.29, 1.82) is 0 Å². The number of carbonyl (C=O) groups excluding carboxylic acids is 1. The molecule has 0 bridgehead atoms. The quantitative estimate of drug-likeness (QED) is 0.605. The Morgan fingerprint density at radius 1 is 1.14 bits per heavy atom. The number of H-pyrrole nitrogens is 1. The molecule has 5 heteroatoms. The second kappa shape index (κ2) is 7.74. The number of aromatic nitrogens is 2. The molecule has 4 rings (SSSR count). The van der Waals surface area contributed by atoms with Crippen LogP contribution in [0.15, 0.2) is 48.5 Å². The number of carbonyl (C=O) groups is 1. The summed E-state index contributed by atoms with van der Waals surface area (Å²) >= 11 is 0. The third-order valence-electron chi connectivity index (χ3n) is 5.69. The van der Waals surface area contributed by atoms with Gasteiger partial charge in [-0.1, -0.05) is 63.6 Å². The van der Waals surface area contributed by atoms with Crippen LogP contribution in [0.4, 0.5) is 0 Å². The smallest absolute Gasteiger partial charge is 0.273 e. The molecule has 1 atom stereocenters. The average Bonchev–Trinajstić information content (AvgIpc) is 3.26. The van der Waals surface area contributed by atoms with Crippen LogP contribution in [-0.4, -0.2) is 32.7 Å². The number of aromatic amines is 1. The number of benzene rings is 2. The average molecular weight is 389 g/mol. The molecule has 5 nitrogen and oxygen atoms in total. The van der Waals surface area contributed by atoms with Gasteiger partial charge in [-0.2, -0.15) is 5.10 Å². The number of hydrogen-bond acceptors (Lipinski definition) is 3. The van der Waals surface area contributed by atoms with E-state index in [0.717, 1.165) is 24.0 Å². The second-order valence-electron chi connectivity index (χ2n) is 7.95. The molecule has 29 heavy (non-hydrogen) atoms. The molecule has 0 aliphatic carbocycles. The maximum Gasteiger partial charge on any atom is 0.273 e. The van der Waals surface area contributed by atoms with E-state index < -0.39 is 0 Å². The standard InChI is InChI=1S/C24H27N3O2/c1-4-5-14-27-23(17-12-10-16(11-13-17)15(2)3)20-21(25-26-22(20)24(27)29)18-8-6-7-9-19(18)28/h6-13,15,23,28H,4-5,14H2,1-3H3,(H,25,26)/t23-/m1/s1. The van der Waals surface area contributed by atoms with Crippen molar-refractivity contribution in [2.45, 2.75) is 45.6 Å². The highest BCUT2D eigenvalue weighted by Gasteiger charge is 2.42. The van der Waals surface area contributed by atoms with Gasteiger partial charge in [0, 0.05) is 17.7 Å². The van der Waals surface area contributed by atoms with E-state index in [1.165, 1.54) is 5.56 Å². The van der Waals surface area contributed by atoms with Crippen molar-refractivity contribution in [2.75, 3.05) is 6.54 Å². The molecule has 150 valence electrons. The Kier molecular flexibility index (Phi) is 5.14. The van der Waals surface area contributed by atoms with E-state index in [0.29, 0.717) is 29.4 Å². The highest BCUT2D eigenvalue weighted by molar-refractivity contribution is 6.00. The first kappa shape index (κ1) is 19.2. The lowest BCUT2D eigenvalue weighted by atomic mass is 9.93. The van der Waals surface area contributed by atoms with E-state index in [1.54, 1.807) is 12.1 Å². The Bertz CT molecular complexity index is 1020. The molecule has 1 aliphatic heterocycles. The number of phenols is 1. The van der Waals surface area contributed by atoms with E-state index in [2.05, 4.69) is 55.2 Å². The van der Waals surface area contributed by atoms with Crippen LogP contribution in [0.2, 0.25) is 0 Å². The summed E-state index contributed by atoms with van der Waals surface area (Å²) in [7, 11) is 0. The molecule has 0 unspecified atom stereocenters. The summed E-state index contributed by atoms with van der Waals surface area (Å²) in [6.07, 6.45) is 1.96. The van der Waals surface area contributed by atoms with E-state index in [1.807, 2.05) is 17.0 Å². The van der Waals surface area contributed by atoms with Crippen LogP contribution >= 0.6 is 0 Å². The van der Waals surface area contributed by atoms with Crippen LogP contribution in [-0.2, 0) is 0 Å². The van der Waals surface area contributed by atoms with Crippen LogP contribution < -0.4 is 0 Å². The number of nitrogens with one attached hydrogen (secondary N) is 1. The number of unbranched alkanes of at least 4 members (excludes halogenated alkanes) is 1. The van der Waals surface area contributed by atoms with Crippen LogP contribution in [0.25, 0.3) is 11.3 Å². The summed E-state index contributed by atoms with van der Waals surface area (Å²) in [5, 5.41) is 17.8. The lowest BCUT2D eigenvalue weighted by Crippen LogP contribution is -2.30. The van der Waals surface area contributed by atoms with Gasteiger partial charge in [0.25, 0.3) is 5.91 Å². The van der Waals surface area contributed by atoms with Crippen LogP contribution in [0.1, 0.15) is 72.8 Å². The van der Waals surface area contributed by atoms with Gasteiger partial charge in [-0.25, -0.2) is 0 Å². The molecular formula is C24H27N3O2. The van der Waals surface area contributed by atoms with Crippen molar-refractivity contribution >= 4 is 5.91 Å². The van der Waals surface area contributed by atoms with Gasteiger partial charge in [0.1, 0.15) is 17.1 Å². The monoisotopic (exact) mass is 389 g/mol. The third kappa shape index (κ3) is 3.31. The first-order chi connectivity index (χ1) is 14.0. The maximum atomic E-state index is 13.2.